The molecule has 1 rings (SSSR count). The number of aliphatic hydroxyl groups excluding tert-OH is 1. The van der Waals surface area contributed by atoms with Crippen LogP contribution < -0.4 is 4.90 Å². The van der Waals surface area contributed by atoms with Crippen LogP contribution in [-0.4, -0.2) is 35.5 Å². The van der Waals surface area contributed by atoms with E-state index < -0.39 is 4.92 Å². The van der Waals surface area contributed by atoms with Crippen LogP contribution in [0.4, 0.5) is 10.7 Å². The summed E-state index contributed by atoms with van der Waals surface area (Å²) >= 11 is 1.06. The fourth-order valence-electron chi connectivity index (χ4n) is 1.45. The van der Waals surface area contributed by atoms with Gasteiger partial charge in [0.05, 0.1) is 16.4 Å². The smallest absolute Gasteiger partial charge is 0.304 e. The molecule has 0 radical (unpaired) electrons. The number of hydrogen-bond donors (Lipinski definition) is 1. The first-order valence-corrected chi connectivity index (χ1v) is 6.08. The summed E-state index contributed by atoms with van der Waals surface area (Å²) in [5.41, 5.74) is -0.111. The van der Waals surface area contributed by atoms with Gasteiger partial charge in [-0.2, -0.15) is 0 Å². The van der Waals surface area contributed by atoms with Crippen LogP contribution >= 0.6 is 11.3 Å². The highest BCUT2D eigenvalue weighted by Crippen LogP contribution is 2.37. The fraction of sp³-hybridized carbons (Fsp3) is 0.364. The lowest BCUT2D eigenvalue weighted by Gasteiger charge is -2.19. The zero-order chi connectivity index (χ0) is 13.7. The normalized spacial score (nSPS) is 10.1. The van der Waals surface area contributed by atoms with Gasteiger partial charge in [0.2, 0.25) is 0 Å². The van der Waals surface area contributed by atoms with E-state index in [-0.39, 0.29) is 24.6 Å². The van der Waals surface area contributed by atoms with Crippen LogP contribution in [-0.2, 0) is 0 Å². The van der Waals surface area contributed by atoms with E-state index in [1.54, 1.807) is 11.0 Å². The molecule has 0 bridgehead atoms. The number of ketones is 1. The fourth-order valence-corrected chi connectivity index (χ4v) is 2.51. The van der Waals surface area contributed by atoms with E-state index in [9.17, 15) is 14.9 Å². The second-order valence-electron chi connectivity index (χ2n) is 3.57. The van der Waals surface area contributed by atoms with Gasteiger partial charge in [0.25, 0.3) is 0 Å². The van der Waals surface area contributed by atoms with Gasteiger partial charge in [-0.3, -0.25) is 14.9 Å². The molecule has 0 aliphatic carbocycles. The van der Waals surface area contributed by atoms with Crippen LogP contribution in [0.1, 0.15) is 16.6 Å². The minimum atomic E-state index is -0.522. The average molecular weight is 270 g/mol. The molecule has 98 valence electrons. The second-order valence-corrected chi connectivity index (χ2v) is 4.60. The predicted molar refractivity (Wildman–Crippen MR) is 70.5 cm³/mol. The Hall–Kier alpha value is -1.73. The highest BCUT2D eigenvalue weighted by atomic mass is 32.1. The van der Waals surface area contributed by atoms with Gasteiger partial charge in [0, 0.05) is 19.2 Å². The molecular weight excluding hydrogens is 256 g/mol. The van der Waals surface area contributed by atoms with Crippen LogP contribution in [0.2, 0.25) is 0 Å². The molecule has 0 amide bonds. The van der Waals surface area contributed by atoms with E-state index in [4.69, 9.17) is 5.11 Å². The van der Waals surface area contributed by atoms with Crippen molar-refractivity contribution in [3.8, 4) is 0 Å². The van der Waals surface area contributed by atoms with Gasteiger partial charge < -0.3 is 10.0 Å². The molecule has 6 nitrogen and oxygen atoms in total. The van der Waals surface area contributed by atoms with E-state index >= 15 is 0 Å². The molecule has 0 aromatic carbocycles. The summed E-state index contributed by atoms with van der Waals surface area (Å²) in [6.45, 7) is 5.44. The van der Waals surface area contributed by atoms with E-state index in [0.717, 1.165) is 11.3 Å². The summed E-state index contributed by atoms with van der Waals surface area (Å²) in [6, 6.07) is 1.27. The summed E-state index contributed by atoms with van der Waals surface area (Å²) in [5.74, 6) is -0.211. The lowest BCUT2D eigenvalue weighted by atomic mass is 10.3. The quantitative estimate of drug-likeness (QED) is 0.354. The van der Waals surface area contributed by atoms with Gasteiger partial charge in [-0.05, 0) is 6.92 Å². The first-order chi connectivity index (χ1) is 8.51. The van der Waals surface area contributed by atoms with Crippen molar-refractivity contribution in [1.82, 2.24) is 0 Å². The molecule has 1 N–H and O–H groups in total. The van der Waals surface area contributed by atoms with Crippen molar-refractivity contribution in [3.63, 3.8) is 0 Å². The number of nitro groups is 1. The van der Waals surface area contributed by atoms with Gasteiger partial charge >= 0.3 is 5.69 Å². The van der Waals surface area contributed by atoms with Gasteiger partial charge in [0.1, 0.15) is 0 Å². The molecule has 0 fully saturated rings. The monoisotopic (exact) mass is 270 g/mol. The van der Waals surface area contributed by atoms with Crippen molar-refractivity contribution in [3.05, 3.63) is 33.7 Å². The number of anilines is 1. The Balaban J connectivity index is 3.21. The number of hydrogen-bond acceptors (Lipinski definition) is 6. The summed E-state index contributed by atoms with van der Waals surface area (Å²) in [6.07, 6.45) is 1.59. The molecule has 0 spiro atoms. The van der Waals surface area contributed by atoms with Crippen molar-refractivity contribution in [1.29, 1.82) is 0 Å². The Kier molecular flexibility index (Phi) is 4.99. The van der Waals surface area contributed by atoms with E-state index in [1.165, 1.54) is 13.0 Å². The molecule has 0 aliphatic heterocycles. The van der Waals surface area contributed by atoms with Crippen LogP contribution in [0.3, 0.4) is 0 Å². The van der Waals surface area contributed by atoms with Gasteiger partial charge in [0.15, 0.2) is 10.8 Å². The van der Waals surface area contributed by atoms with Crippen LogP contribution in [0, 0.1) is 10.1 Å². The van der Waals surface area contributed by atoms with Crippen molar-refractivity contribution < 1.29 is 14.8 Å². The third-order valence-corrected chi connectivity index (χ3v) is 3.53. The summed E-state index contributed by atoms with van der Waals surface area (Å²) in [7, 11) is 0. The predicted octanol–water partition coefficient (Wildman–Crippen LogP) is 1.84. The first-order valence-electron chi connectivity index (χ1n) is 5.27. The van der Waals surface area contributed by atoms with E-state index in [2.05, 4.69) is 6.58 Å². The molecule has 0 atom stereocenters. The Morgan fingerprint density at radius 3 is 2.83 bits per heavy atom. The Labute approximate surface area is 108 Å². The van der Waals surface area contributed by atoms with Crippen LogP contribution in [0.25, 0.3) is 0 Å². The topological polar surface area (TPSA) is 83.7 Å². The summed E-state index contributed by atoms with van der Waals surface area (Å²) < 4.78 is 0. The van der Waals surface area contributed by atoms with Gasteiger partial charge in [-0.25, -0.2) is 0 Å². The molecule has 1 aromatic rings. The lowest BCUT2D eigenvalue weighted by molar-refractivity contribution is -0.383. The molecule has 0 saturated heterocycles. The molecule has 7 heteroatoms. The Bertz CT molecular complexity index is 470. The third kappa shape index (κ3) is 3.14. The summed E-state index contributed by atoms with van der Waals surface area (Å²) in [5, 5.41) is 20.3. The molecule has 1 aromatic heterocycles. The second kappa shape index (κ2) is 6.27. The number of carbonyl (C=O) groups excluding carboxylic acids is 1. The average Bonchev–Trinajstić information content (AvgIpc) is 2.73. The lowest BCUT2D eigenvalue weighted by Crippen LogP contribution is -2.26. The van der Waals surface area contributed by atoms with Gasteiger partial charge in [-0.1, -0.05) is 6.08 Å². The van der Waals surface area contributed by atoms with E-state index in [1.807, 2.05) is 0 Å². The Morgan fingerprint density at radius 2 is 2.39 bits per heavy atom. The van der Waals surface area contributed by atoms with E-state index in [0.29, 0.717) is 16.4 Å². The summed E-state index contributed by atoms with van der Waals surface area (Å²) in [4.78, 5) is 23.7. The maximum atomic E-state index is 11.3. The SMILES string of the molecule is C=CCN(CCO)c1sc(C(C)=O)cc1[N+](=O)[O-]. The van der Waals surface area contributed by atoms with Crippen LogP contribution in [0.5, 0.6) is 0 Å². The molecule has 0 saturated carbocycles. The number of Topliss-reactive ketones (excluding diaryl/α,β-unsaturated/α-hetero) is 1. The standard InChI is InChI=1S/C11H14N2O4S/c1-3-4-12(5-6-14)11-9(13(16)17)7-10(18-11)8(2)15/h3,7,14H,1,4-6H2,2H3. The van der Waals surface area contributed by atoms with Crippen molar-refractivity contribution in [2.24, 2.45) is 0 Å². The number of carbonyl (C=O) groups is 1. The highest BCUT2D eigenvalue weighted by molar-refractivity contribution is 7.18. The first kappa shape index (κ1) is 14.3. The molecule has 1 heterocycles. The maximum absolute atomic E-state index is 11.3. The third-order valence-electron chi connectivity index (χ3n) is 2.24. The zero-order valence-corrected chi connectivity index (χ0v) is 10.8. The van der Waals surface area contributed by atoms with Gasteiger partial charge in [-0.15, -0.1) is 17.9 Å². The highest BCUT2D eigenvalue weighted by Gasteiger charge is 2.24. The number of rotatable bonds is 7. The van der Waals surface area contributed by atoms with Crippen molar-refractivity contribution in [2.75, 3.05) is 24.6 Å². The molecule has 0 unspecified atom stereocenters. The molecule has 18 heavy (non-hydrogen) atoms. The number of nitrogens with zero attached hydrogens (tertiary/aromatic N) is 2. The molecular formula is C11H14N2O4S. The number of aliphatic hydroxyl groups is 1. The maximum Gasteiger partial charge on any atom is 0.304 e. The van der Waals surface area contributed by atoms with Crippen molar-refractivity contribution in [2.45, 2.75) is 6.92 Å². The minimum Gasteiger partial charge on any atom is -0.395 e. The Morgan fingerprint density at radius 1 is 1.72 bits per heavy atom. The van der Waals surface area contributed by atoms with Crippen LogP contribution in [0.15, 0.2) is 18.7 Å². The largest absolute Gasteiger partial charge is 0.395 e. The van der Waals surface area contributed by atoms with Crippen molar-refractivity contribution >= 4 is 27.8 Å². The minimum absolute atomic E-state index is 0.111. The number of thiophene rings is 1. The zero-order valence-electron chi connectivity index (χ0n) is 9.96. The molecule has 0 aliphatic rings.